The molecule has 0 aliphatic carbocycles. The third kappa shape index (κ3) is 4.86. The van der Waals surface area contributed by atoms with E-state index in [1.54, 1.807) is 36.5 Å². The maximum Gasteiger partial charge on any atom is 0.255 e. The summed E-state index contributed by atoms with van der Waals surface area (Å²) in [6, 6.07) is 5.46. The van der Waals surface area contributed by atoms with Crippen LogP contribution in [-0.4, -0.2) is 36.5 Å². The number of hydrogen-bond acceptors (Lipinski definition) is 4. The molecule has 1 heterocycles. The fourth-order valence-corrected chi connectivity index (χ4v) is 2.58. The zero-order valence-corrected chi connectivity index (χ0v) is 15.9. The molecule has 0 spiro atoms. The summed E-state index contributed by atoms with van der Waals surface area (Å²) in [6.07, 6.45) is 5.29. The Morgan fingerprint density at radius 2 is 2.08 bits per heavy atom. The molecule has 0 radical (unpaired) electrons. The van der Waals surface area contributed by atoms with Gasteiger partial charge in [0.15, 0.2) is 0 Å². The number of aromatic nitrogens is 1. The predicted molar refractivity (Wildman–Crippen MR) is 102 cm³/mol. The van der Waals surface area contributed by atoms with Crippen molar-refractivity contribution in [1.82, 2.24) is 9.88 Å². The van der Waals surface area contributed by atoms with Gasteiger partial charge in [0.2, 0.25) is 0 Å². The van der Waals surface area contributed by atoms with E-state index < -0.39 is 0 Å². The molecule has 1 aromatic carbocycles. The van der Waals surface area contributed by atoms with Crippen LogP contribution in [0.4, 0.5) is 11.4 Å². The van der Waals surface area contributed by atoms with Crippen LogP contribution in [0.1, 0.15) is 35.7 Å². The van der Waals surface area contributed by atoms with E-state index in [1.807, 2.05) is 20.0 Å². The van der Waals surface area contributed by atoms with Crippen LogP contribution in [-0.2, 0) is 0 Å². The van der Waals surface area contributed by atoms with E-state index in [2.05, 4.69) is 17.2 Å². The molecule has 0 unspecified atom stereocenters. The maximum absolute atomic E-state index is 12.5. The van der Waals surface area contributed by atoms with Gasteiger partial charge in [0.1, 0.15) is 5.75 Å². The Morgan fingerprint density at radius 1 is 1.32 bits per heavy atom. The number of anilines is 2. The Balaban J connectivity index is 2.22. The molecule has 0 aliphatic heterocycles. The number of nitrogens with one attached hydrogen (secondary N) is 1. The van der Waals surface area contributed by atoms with Gasteiger partial charge in [-0.2, -0.15) is 0 Å². The standard InChI is InChI=1S/C19H24ClN3O2/c1-5-6-7-23(3)19(24)14-9-15(12-21-11-14)22-17-8-13(2)16(20)10-18(17)25-4/h8-12,22H,5-7H2,1-4H3. The number of hydrogen-bond donors (Lipinski definition) is 1. The van der Waals surface area contributed by atoms with Crippen LogP contribution in [0.3, 0.4) is 0 Å². The van der Waals surface area contributed by atoms with E-state index in [1.165, 1.54) is 0 Å². The number of carbonyl (C=O) groups is 1. The lowest BCUT2D eigenvalue weighted by Crippen LogP contribution is -2.27. The van der Waals surface area contributed by atoms with E-state index >= 15 is 0 Å². The molecule has 1 N–H and O–H groups in total. The molecule has 25 heavy (non-hydrogen) atoms. The summed E-state index contributed by atoms with van der Waals surface area (Å²) in [4.78, 5) is 18.4. The minimum absolute atomic E-state index is 0.0381. The van der Waals surface area contributed by atoms with Crippen molar-refractivity contribution in [3.63, 3.8) is 0 Å². The molecule has 2 aromatic rings. The molecule has 2 rings (SSSR count). The first-order valence-electron chi connectivity index (χ1n) is 8.28. The number of carbonyl (C=O) groups excluding carboxylic acids is 1. The molecular weight excluding hydrogens is 338 g/mol. The molecule has 0 saturated carbocycles. The Hall–Kier alpha value is -2.27. The molecule has 0 saturated heterocycles. The van der Waals surface area contributed by atoms with E-state index in [0.29, 0.717) is 16.3 Å². The van der Waals surface area contributed by atoms with Gasteiger partial charge in [-0.15, -0.1) is 0 Å². The van der Waals surface area contributed by atoms with Crippen LogP contribution in [0.5, 0.6) is 5.75 Å². The Labute approximate surface area is 154 Å². The first-order chi connectivity index (χ1) is 12.0. The lowest BCUT2D eigenvalue weighted by molar-refractivity contribution is 0.0793. The van der Waals surface area contributed by atoms with Crippen molar-refractivity contribution >= 4 is 28.9 Å². The second-order valence-corrected chi connectivity index (χ2v) is 6.38. The largest absolute Gasteiger partial charge is 0.495 e. The molecular formula is C19H24ClN3O2. The van der Waals surface area contributed by atoms with Gasteiger partial charge in [-0.05, 0) is 31.0 Å². The van der Waals surface area contributed by atoms with Crippen molar-refractivity contribution in [1.29, 1.82) is 0 Å². The fraction of sp³-hybridized carbons (Fsp3) is 0.368. The molecule has 0 bridgehead atoms. The summed E-state index contributed by atoms with van der Waals surface area (Å²) in [5, 5.41) is 3.89. The lowest BCUT2D eigenvalue weighted by atomic mass is 10.2. The second kappa shape index (κ2) is 8.72. The van der Waals surface area contributed by atoms with Crippen LogP contribution >= 0.6 is 11.6 Å². The molecule has 1 aromatic heterocycles. The normalized spacial score (nSPS) is 10.4. The third-order valence-electron chi connectivity index (χ3n) is 3.94. The van der Waals surface area contributed by atoms with Crippen LogP contribution in [0, 0.1) is 6.92 Å². The van der Waals surface area contributed by atoms with Crippen molar-refractivity contribution < 1.29 is 9.53 Å². The number of unbranched alkanes of at least 4 members (excludes halogenated alkanes) is 1. The van der Waals surface area contributed by atoms with E-state index in [0.717, 1.165) is 36.3 Å². The van der Waals surface area contributed by atoms with Crippen molar-refractivity contribution in [2.24, 2.45) is 0 Å². The summed E-state index contributed by atoms with van der Waals surface area (Å²) >= 11 is 6.14. The molecule has 134 valence electrons. The van der Waals surface area contributed by atoms with Crippen LogP contribution in [0.2, 0.25) is 5.02 Å². The Morgan fingerprint density at radius 3 is 2.76 bits per heavy atom. The monoisotopic (exact) mass is 361 g/mol. The second-order valence-electron chi connectivity index (χ2n) is 5.97. The number of aryl methyl sites for hydroxylation is 1. The summed E-state index contributed by atoms with van der Waals surface area (Å²) in [6.45, 7) is 4.76. The van der Waals surface area contributed by atoms with E-state index in [-0.39, 0.29) is 5.91 Å². The topological polar surface area (TPSA) is 54.5 Å². The van der Waals surface area contributed by atoms with Gasteiger partial charge in [0.05, 0.1) is 30.2 Å². The number of amides is 1. The third-order valence-corrected chi connectivity index (χ3v) is 4.35. The van der Waals surface area contributed by atoms with Gasteiger partial charge in [-0.25, -0.2) is 0 Å². The van der Waals surface area contributed by atoms with Gasteiger partial charge in [-0.1, -0.05) is 24.9 Å². The lowest BCUT2D eigenvalue weighted by Gasteiger charge is -2.17. The predicted octanol–water partition coefficient (Wildman–Crippen LogP) is 4.67. The molecule has 5 nitrogen and oxygen atoms in total. The first kappa shape index (κ1) is 19.1. The number of methoxy groups -OCH3 is 1. The number of benzene rings is 1. The van der Waals surface area contributed by atoms with Crippen LogP contribution < -0.4 is 10.1 Å². The highest BCUT2D eigenvalue weighted by molar-refractivity contribution is 6.31. The van der Waals surface area contributed by atoms with Crippen molar-refractivity contribution in [3.8, 4) is 5.75 Å². The fourth-order valence-electron chi connectivity index (χ4n) is 2.43. The zero-order chi connectivity index (χ0) is 18.4. The summed E-state index contributed by atoms with van der Waals surface area (Å²) in [5.41, 5.74) is 2.97. The molecule has 0 atom stereocenters. The van der Waals surface area contributed by atoms with Gasteiger partial charge in [0, 0.05) is 30.9 Å². The van der Waals surface area contributed by atoms with Crippen LogP contribution in [0.15, 0.2) is 30.6 Å². The minimum atomic E-state index is -0.0381. The highest BCUT2D eigenvalue weighted by atomic mass is 35.5. The summed E-state index contributed by atoms with van der Waals surface area (Å²) < 4.78 is 5.37. The van der Waals surface area contributed by atoms with Crippen molar-refractivity contribution in [2.45, 2.75) is 26.7 Å². The average Bonchev–Trinajstić information content (AvgIpc) is 2.62. The van der Waals surface area contributed by atoms with Gasteiger partial charge < -0.3 is 15.0 Å². The summed E-state index contributed by atoms with van der Waals surface area (Å²) in [7, 11) is 3.40. The smallest absolute Gasteiger partial charge is 0.255 e. The molecule has 0 fully saturated rings. The SMILES string of the molecule is CCCCN(C)C(=O)c1cncc(Nc2cc(C)c(Cl)cc2OC)c1. The number of nitrogens with zero attached hydrogens (tertiary/aromatic N) is 2. The Kier molecular flexibility index (Phi) is 6.65. The van der Waals surface area contributed by atoms with Crippen LogP contribution in [0.25, 0.3) is 0 Å². The minimum Gasteiger partial charge on any atom is -0.495 e. The maximum atomic E-state index is 12.5. The average molecular weight is 362 g/mol. The number of ether oxygens (including phenoxy) is 1. The van der Waals surface area contributed by atoms with E-state index in [4.69, 9.17) is 16.3 Å². The van der Waals surface area contributed by atoms with Gasteiger partial charge in [0.25, 0.3) is 5.91 Å². The number of halogens is 1. The first-order valence-corrected chi connectivity index (χ1v) is 8.65. The number of pyridine rings is 1. The van der Waals surface area contributed by atoms with E-state index in [9.17, 15) is 4.79 Å². The molecule has 1 amide bonds. The Bertz CT molecular complexity index is 749. The number of rotatable bonds is 7. The zero-order valence-electron chi connectivity index (χ0n) is 15.1. The molecule has 6 heteroatoms. The van der Waals surface area contributed by atoms with Crippen molar-refractivity contribution in [3.05, 3.63) is 46.7 Å². The highest BCUT2D eigenvalue weighted by Crippen LogP contribution is 2.33. The molecule has 0 aliphatic rings. The van der Waals surface area contributed by atoms with Gasteiger partial charge >= 0.3 is 0 Å². The van der Waals surface area contributed by atoms with Gasteiger partial charge in [-0.3, -0.25) is 9.78 Å². The quantitative estimate of drug-likeness (QED) is 0.778. The van der Waals surface area contributed by atoms with Crippen molar-refractivity contribution in [2.75, 3.05) is 26.0 Å². The highest BCUT2D eigenvalue weighted by Gasteiger charge is 2.13. The summed E-state index contributed by atoms with van der Waals surface area (Å²) in [5.74, 6) is 0.594.